The highest BCUT2D eigenvalue weighted by Gasteiger charge is 2.15. The number of hydrogen-bond donors (Lipinski definition) is 2. The SMILES string of the molecule is Nc1cnc(-c2ccc(O)c(Cl)c2)c(-c2ccccc2F)n1. The largest absolute Gasteiger partial charge is 0.506 e. The molecule has 1 aromatic heterocycles. The van der Waals surface area contributed by atoms with E-state index >= 15 is 0 Å². The molecule has 0 unspecified atom stereocenters. The lowest BCUT2D eigenvalue weighted by Crippen LogP contribution is -1.99. The minimum atomic E-state index is -0.423. The third kappa shape index (κ3) is 2.58. The fourth-order valence-electron chi connectivity index (χ4n) is 2.11. The first-order chi connectivity index (χ1) is 10.6. The molecule has 0 amide bonds. The Morgan fingerprint density at radius 2 is 1.86 bits per heavy atom. The van der Waals surface area contributed by atoms with E-state index in [2.05, 4.69) is 9.97 Å². The average molecular weight is 316 g/mol. The van der Waals surface area contributed by atoms with Crippen molar-refractivity contribution < 1.29 is 9.50 Å². The van der Waals surface area contributed by atoms with E-state index in [0.29, 0.717) is 22.5 Å². The lowest BCUT2D eigenvalue weighted by molar-refractivity contribution is 0.475. The third-order valence-corrected chi connectivity index (χ3v) is 3.44. The number of phenolic OH excluding ortho intramolecular Hbond substituents is 1. The molecular weight excluding hydrogens is 305 g/mol. The molecule has 3 N–H and O–H groups in total. The van der Waals surface area contributed by atoms with Crippen molar-refractivity contribution in [3.8, 4) is 28.3 Å². The Balaban J connectivity index is 2.25. The van der Waals surface area contributed by atoms with Crippen LogP contribution in [-0.2, 0) is 0 Å². The van der Waals surface area contributed by atoms with Gasteiger partial charge in [-0.05, 0) is 30.3 Å². The number of aromatic nitrogens is 2. The molecule has 0 aliphatic carbocycles. The molecule has 3 aromatic rings. The molecule has 0 radical (unpaired) electrons. The van der Waals surface area contributed by atoms with Crippen molar-refractivity contribution >= 4 is 17.4 Å². The topological polar surface area (TPSA) is 72.0 Å². The van der Waals surface area contributed by atoms with Gasteiger partial charge in [-0.3, -0.25) is 4.98 Å². The summed E-state index contributed by atoms with van der Waals surface area (Å²) in [6.07, 6.45) is 1.39. The van der Waals surface area contributed by atoms with Gasteiger partial charge in [-0.15, -0.1) is 0 Å². The van der Waals surface area contributed by atoms with E-state index in [1.54, 1.807) is 30.3 Å². The summed E-state index contributed by atoms with van der Waals surface area (Å²) in [4.78, 5) is 8.44. The van der Waals surface area contributed by atoms with Crippen molar-refractivity contribution in [1.29, 1.82) is 0 Å². The number of phenols is 1. The Morgan fingerprint density at radius 3 is 2.59 bits per heavy atom. The number of anilines is 1. The van der Waals surface area contributed by atoms with Gasteiger partial charge in [-0.2, -0.15) is 0 Å². The van der Waals surface area contributed by atoms with Crippen molar-refractivity contribution in [3.05, 3.63) is 59.5 Å². The first-order valence-electron chi connectivity index (χ1n) is 6.42. The van der Waals surface area contributed by atoms with Gasteiger partial charge in [0.2, 0.25) is 0 Å². The van der Waals surface area contributed by atoms with Gasteiger partial charge in [-0.1, -0.05) is 23.7 Å². The fraction of sp³-hybridized carbons (Fsp3) is 0. The number of halogens is 2. The minimum absolute atomic E-state index is 0.0405. The maximum atomic E-state index is 14.1. The summed E-state index contributed by atoms with van der Waals surface area (Å²) in [6.45, 7) is 0. The Morgan fingerprint density at radius 1 is 1.09 bits per heavy atom. The highest BCUT2D eigenvalue weighted by atomic mass is 35.5. The number of benzene rings is 2. The highest BCUT2D eigenvalue weighted by Crippen LogP contribution is 2.34. The summed E-state index contributed by atoms with van der Waals surface area (Å²) in [5.41, 5.74) is 7.33. The zero-order chi connectivity index (χ0) is 15.7. The summed E-state index contributed by atoms with van der Waals surface area (Å²) >= 11 is 5.93. The average Bonchev–Trinajstić information content (AvgIpc) is 2.51. The van der Waals surface area contributed by atoms with Crippen molar-refractivity contribution in [2.75, 3.05) is 5.73 Å². The van der Waals surface area contributed by atoms with Crippen LogP contribution in [0.1, 0.15) is 0 Å². The van der Waals surface area contributed by atoms with E-state index in [1.165, 1.54) is 18.3 Å². The van der Waals surface area contributed by atoms with Crippen molar-refractivity contribution in [2.45, 2.75) is 0 Å². The molecule has 110 valence electrons. The minimum Gasteiger partial charge on any atom is -0.506 e. The molecule has 0 saturated heterocycles. The van der Waals surface area contributed by atoms with Crippen LogP contribution in [0.15, 0.2) is 48.7 Å². The smallest absolute Gasteiger partial charge is 0.142 e. The maximum Gasteiger partial charge on any atom is 0.142 e. The van der Waals surface area contributed by atoms with E-state index < -0.39 is 5.82 Å². The Labute approximate surface area is 131 Å². The maximum absolute atomic E-state index is 14.1. The number of nitrogen functional groups attached to an aromatic ring is 1. The molecule has 2 aromatic carbocycles. The number of aromatic hydroxyl groups is 1. The molecule has 4 nitrogen and oxygen atoms in total. The van der Waals surface area contributed by atoms with Crippen LogP contribution >= 0.6 is 11.6 Å². The second-order valence-corrected chi connectivity index (χ2v) is 5.05. The van der Waals surface area contributed by atoms with E-state index in [0.717, 1.165) is 0 Å². The molecule has 0 spiro atoms. The molecule has 0 aliphatic heterocycles. The van der Waals surface area contributed by atoms with E-state index in [4.69, 9.17) is 17.3 Å². The van der Waals surface area contributed by atoms with Crippen LogP contribution in [-0.4, -0.2) is 15.1 Å². The van der Waals surface area contributed by atoms with Crippen LogP contribution < -0.4 is 5.73 Å². The van der Waals surface area contributed by atoms with Gasteiger partial charge in [0.25, 0.3) is 0 Å². The number of nitrogens with two attached hydrogens (primary N) is 1. The van der Waals surface area contributed by atoms with Gasteiger partial charge < -0.3 is 10.8 Å². The highest BCUT2D eigenvalue weighted by molar-refractivity contribution is 6.32. The normalized spacial score (nSPS) is 10.6. The van der Waals surface area contributed by atoms with Crippen molar-refractivity contribution in [2.24, 2.45) is 0 Å². The predicted octanol–water partition coefficient (Wildman–Crippen LogP) is 3.89. The van der Waals surface area contributed by atoms with E-state index in [1.807, 2.05) is 0 Å². The second-order valence-electron chi connectivity index (χ2n) is 4.64. The molecule has 0 aliphatic rings. The van der Waals surface area contributed by atoms with Gasteiger partial charge >= 0.3 is 0 Å². The molecule has 6 heteroatoms. The van der Waals surface area contributed by atoms with Crippen molar-refractivity contribution in [1.82, 2.24) is 9.97 Å². The van der Waals surface area contributed by atoms with Gasteiger partial charge in [0.15, 0.2) is 0 Å². The second kappa shape index (κ2) is 5.61. The predicted molar refractivity (Wildman–Crippen MR) is 83.9 cm³/mol. The molecule has 0 bridgehead atoms. The van der Waals surface area contributed by atoms with E-state index in [-0.39, 0.29) is 16.6 Å². The monoisotopic (exact) mass is 315 g/mol. The van der Waals surface area contributed by atoms with Crippen LogP contribution in [0, 0.1) is 5.82 Å². The molecule has 1 heterocycles. The summed E-state index contributed by atoms with van der Waals surface area (Å²) < 4.78 is 14.1. The quantitative estimate of drug-likeness (QED) is 0.752. The molecule has 0 saturated carbocycles. The van der Waals surface area contributed by atoms with Gasteiger partial charge in [-0.25, -0.2) is 9.37 Å². The van der Waals surface area contributed by atoms with Gasteiger partial charge in [0, 0.05) is 11.1 Å². The summed E-state index contributed by atoms with van der Waals surface area (Å²) in [6, 6.07) is 10.9. The van der Waals surface area contributed by atoms with Crippen LogP contribution in [0.3, 0.4) is 0 Å². The zero-order valence-corrected chi connectivity index (χ0v) is 12.0. The molecule has 0 fully saturated rings. The number of rotatable bonds is 2. The Kier molecular flexibility index (Phi) is 3.65. The molecule has 0 atom stereocenters. The Hall–Kier alpha value is -2.66. The van der Waals surface area contributed by atoms with Crippen LogP contribution in [0.4, 0.5) is 10.2 Å². The lowest BCUT2D eigenvalue weighted by atomic mass is 10.0. The summed E-state index contributed by atoms with van der Waals surface area (Å²) in [5, 5.41) is 9.69. The number of hydrogen-bond acceptors (Lipinski definition) is 4. The summed E-state index contributed by atoms with van der Waals surface area (Å²) in [5.74, 6) is -0.276. The zero-order valence-electron chi connectivity index (χ0n) is 11.3. The van der Waals surface area contributed by atoms with Crippen LogP contribution in [0.25, 0.3) is 22.5 Å². The fourth-order valence-corrected chi connectivity index (χ4v) is 2.29. The molecule has 22 heavy (non-hydrogen) atoms. The van der Waals surface area contributed by atoms with Gasteiger partial charge in [0.05, 0.1) is 16.9 Å². The molecular formula is C16H11ClFN3O. The number of nitrogens with zero attached hydrogens (tertiary/aromatic N) is 2. The van der Waals surface area contributed by atoms with Crippen LogP contribution in [0.5, 0.6) is 5.75 Å². The molecule has 3 rings (SSSR count). The third-order valence-electron chi connectivity index (χ3n) is 3.14. The Bertz CT molecular complexity index is 855. The van der Waals surface area contributed by atoms with Crippen molar-refractivity contribution in [3.63, 3.8) is 0 Å². The van der Waals surface area contributed by atoms with E-state index in [9.17, 15) is 9.50 Å². The first-order valence-corrected chi connectivity index (χ1v) is 6.80. The first kappa shape index (κ1) is 14.3. The van der Waals surface area contributed by atoms with Crippen LogP contribution in [0.2, 0.25) is 5.02 Å². The van der Waals surface area contributed by atoms with Gasteiger partial charge in [0.1, 0.15) is 23.1 Å². The summed E-state index contributed by atoms with van der Waals surface area (Å²) in [7, 11) is 0. The lowest BCUT2D eigenvalue weighted by Gasteiger charge is -2.10. The standard InChI is InChI=1S/C16H11ClFN3O/c17-11-7-9(5-6-13(11)22)15-16(21-14(19)8-20-15)10-3-1-2-4-12(10)18/h1-8,22H,(H2,19,21).